The minimum absolute atomic E-state index is 0.0196. The molecule has 0 bridgehead atoms. The molecular formula is C19H20ClF3N2O2. The molecule has 0 aromatic heterocycles. The lowest BCUT2D eigenvalue weighted by Gasteiger charge is -2.24. The van der Waals surface area contributed by atoms with Gasteiger partial charge in [0.15, 0.2) is 0 Å². The number of benzene rings is 2. The number of hydrogen-bond donors (Lipinski definition) is 2. The van der Waals surface area contributed by atoms with E-state index in [1.165, 1.54) is 6.07 Å². The molecule has 0 radical (unpaired) electrons. The van der Waals surface area contributed by atoms with Crippen LogP contribution in [0.4, 0.5) is 29.3 Å². The van der Waals surface area contributed by atoms with Gasteiger partial charge in [-0.15, -0.1) is 0 Å². The van der Waals surface area contributed by atoms with E-state index in [1.807, 2.05) is 20.8 Å². The van der Waals surface area contributed by atoms with Crippen molar-refractivity contribution in [3.63, 3.8) is 0 Å². The van der Waals surface area contributed by atoms with E-state index < -0.39 is 22.8 Å². The van der Waals surface area contributed by atoms with Gasteiger partial charge >= 0.3 is 12.2 Å². The van der Waals surface area contributed by atoms with Crippen molar-refractivity contribution in [2.75, 3.05) is 10.6 Å². The van der Waals surface area contributed by atoms with Crippen molar-refractivity contribution in [2.24, 2.45) is 0 Å². The first-order valence-corrected chi connectivity index (χ1v) is 8.62. The Morgan fingerprint density at radius 2 is 1.59 bits per heavy atom. The molecular weight excluding hydrogens is 381 g/mol. The highest BCUT2D eigenvalue weighted by molar-refractivity contribution is 6.31. The van der Waals surface area contributed by atoms with Gasteiger partial charge in [-0.05, 0) is 62.7 Å². The van der Waals surface area contributed by atoms with E-state index in [2.05, 4.69) is 10.6 Å². The predicted octanol–water partition coefficient (Wildman–Crippen LogP) is 6.57. The zero-order valence-corrected chi connectivity index (χ0v) is 15.8. The summed E-state index contributed by atoms with van der Waals surface area (Å²) in [6.07, 6.45) is -3.77. The lowest BCUT2D eigenvalue weighted by atomic mass is 10.1. The minimum Gasteiger partial charge on any atom is -0.488 e. The van der Waals surface area contributed by atoms with Crippen molar-refractivity contribution in [3.8, 4) is 5.75 Å². The van der Waals surface area contributed by atoms with E-state index in [9.17, 15) is 18.0 Å². The van der Waals surface area contributed by atoms with Gasteiger partial charge in [0.05, 0.1) is 10.6 Å². The highest BCUT2D eigenvalue weighted by Crippen LogP contribution is 2.36. The van der Waals surface area contributed by atoms with Gasteiger partial charge < -0.3 is 15.4 Å². The summed E-state index contributed by atoms with van der Waals surface area (Å²) in [5, 5.41) is 4.47. The zero-order valence-electron chi connectivity index (χ0n) is 15.1. The molecule has 0 aliphatic rings. The Hall–Kier alpha value is -2.41. The smallest absolute Gasteiger partial charge is 0.417 e. The number of halogens is 4. The van der Waals surface area contributed by atoms with Crippen LogP contribution in [0.2, 0.25) is 5.02 Å². The molecule has 4 nitrogen and oxygen atoms in total. The van der Waals surface area contributed by atoms with Crippen LogP contribution < -0.4 is 15.4 Å². The molecule has 0 spiro atoms. The molecule has 27 heavy (non-hydrogen) atoms. The summed E-state index contributed by atoms with van der Waals surface area (Å²) in [5.41, 5.74) is -0.869. The van der Waals surface area contributed by atoms with Crippen molar-refractivity contribution in [1.29, 1.82) is 0 Å². The van der Waals surface area contributed by atoms with E-state index in [0.29, 0.717) is 11.4 Å². The van der Waals surface area contributed by atoms with Gasteiger partial charge in [-0.1, -0.05) is 18.5 Å². The molecule has 0 saturated heterocycles. The largest absolute Gasteiger partial charge is 0.488 e. The molecule has 2 aromatic rings. The Morgan fingerprint density at radius 1 is 1.04 bits per heavy atom. The Kier molecular flexibility index (Phi) is 6.26. The lowest BCUT2D eigenvalue weighted by molar-refractivity contribution is -0.137. The Balaban J connectivity index is 2.02. The van der Waals surface area contributed by atoms with Crippen LogP contribution in [0, 0.1) is 0 Å². The third kappa shape index (κ3) is 6.06. The van der Waals surface area contributed by atoms with Gasteiger partial charge in [0, 0.05) is 11.4 Å². The van der Waals surface area contributed by atoms with Gasteiger partial charge in [-0.25, -0.2) is 4.79 Å². The number of carbonyl (C=O) groups excluding carboxylic acids is 1. The molecule has 2 aromatic carbocycles. The number of ether oxygens (including phenoxy) is 1. The third-order valence-corrected chi connectivity index (χ3v) is 4.22. The Morgan fingerprint density at radius 3 is 2.15 bits per heavy atom. The second kappa shape index (κ2) is 8.08. The Bertz CT molecular complexity index is 806. The second-order valence-electron chi connectivity index (χ2n) is 6.51. The average molecular weight is 401 g/mol. The maximum Gasteiger partial charge on any atom is 0.417 e. The molecule has 0 aliphatic heterocycles. The van der Waals surface area contributed by atoms with Crippen molar-refractivity contribution in [2.45, 2.75) is 39.0 Å². The number of alkyl halides is 3. The predicted molar refractivity (Wildman–Crippen MR) is 101 cm³/mol. The molecule has 0 saturated carbocycles. The summed E-state index contributed by atoms with van der Waals surface area (Å²) in [6, 6.07) is 9.18. The second-order valence-corrected chi connectivity index (χ2v) is 6.92. The van der Waals surface area contributed by atoms with Crippen LogP contribution in [-0.2, 0) is 6.18 Å². The van der Waals surface area contributed by atoms with Gasteiger partial charge in [0.25, 0.3) is 0 Å². The Labute approximate surface area is 160 Å². The van der Waals surface area contributed by atoms with Crippen molar-refractivity contribution >= 4 is 29.0 Å². The molecule has 0 fully saturated rings. The molecule has 8 heteroatoms. The summed E-state index contributed by atoms with van der Waals surface area (Å²) in [4.78, 5) is 12.0. The number of amides is 2. The fraction of sp³-hybridized carbons (Fsp3) is 0.316. The van der Waals surface area contributed by atoms with Crippen LogP contribution in [0.3, 0.4) is 0 Å². The molecule has 146 valence electrons. The monoisotopic (exact) mass is 400 g/mol. The molecule has 0 heterocycles. The number of carbonyl (C=O) groups is 1. The van der Waals surface area contributed by atoms with E-state index in [0.717, 1.165) is 18.6 Å². The van der Waals surface area contributed by atoms with Crippen molar-refractivity contribution in [1.82, 2.24) is 0 Å². The van der Waals surface area contributed by atoms with Crippen LogP contribution in [0.15, 0.2) is 42.5 Å². The summed E-state index contributed by atoms with van der Waals surface area (Å²) < 4.78 is 44.4. The van der Waals surface area contributed by atoms with Crippen LogP contribution in [0.5, 0.6) is 5.75 Å². The molecule has 0 atom stereocenters. The minimum atomic E-state index is -4.60. The first-order valence-electron chi connectivity index (χ1n) is 8.24. The van der Waals surface area contributed by atoms with Crippen molar-refractivity contribution < 1.29 is 22.7 Å². The first-order chi connectivity index (χ1) is 12.5. The number of nitrogens with one attached hydrogen (secondary N) is 2. The third-order valence-electron chi connectivity index (χ3n) is 3.89. The summed E-state index contributed by atoms with van der Waals surface area (Å²) >= 11 is 5.56. The number of hydrogen-bond acceptors (Lipinski definition) is 2. The van der Waals surface area contributed by atoms with E-state index >= 15 is 0 Å². The molecule has 2 rings (SSSR count). The quantitative estimate of drug-likeness (QED) is 0.596. The lowest BCUT2D eigenvalue weighted by Crippen LogP contribution is -2.26. The molecule has 2 amide bonds. The average Bonchev–Trinajstić information content (AvgIpc) is 2.57. The van der Waals surface area contributed by atoms with Crippen LogP contribution in [0.25, 0.3) is 0 Å². The molecule has 2 N–H and O–H groups in total. The number of rotatable bonds is 5. The zero-order chi connectivity index (χ0) is 20.2. The number of urea groups is 1. The summed E-state index contributed by atoms with van der Waals surface area (Å²) in [5.74, 6) is 0.653. The summed E-state index contributed by atoms with van der Waals surface area (Å²) in [6.45, 7) is 5.95. The van der Waals surface area contributed by atoms with E-state index in [4.69, 9.17) is 16.3 Å². The number of anilines is 2. The van der Waals surface area contributed by atoms with Gasteiger partial charge in [-0.3, -0.25) is 0 Å². The normalized spacial score (nSPS) is 11.8. The fourth-order valence-electron chi connectivity index (χ4n) is 2.11. The highest BCUT2D eigenvalue weighted by atomic mass is 35.5. The van der Waals surface area contributed by atoms with Gasteiger partial charge in [0.2, 0.25) is 0 Å². The van der Waals surface area contributed by atoms with E-state index in [1.54, 1.807) is 24.3 Å². The van der Waals surface area contributed by atoms with Gasteiger partial charge in [-0.2, -0.15) is 13.2 Å². The highest BCUT2D eigenvalue weighted by Gasteiger charge is 2.33. The maximum atomic E-state index is 12.9. The van der Waals surface area contributed by atoms with Gasteiger partial charge in [0.1, 0.15) is 11.4 Å². The summed E-state index contributed by atoms with van der Waals surface area (Å²) in [7, 11) is 0. The van der Waals surface area contributed by atoms with Crippen LogP contribution >= 0.6 is 11.6 Å². The topological polar surface area (TPSA) is 50.4 Å². The molecule has 0 aliphatic carbocycles. The SMILES string of the molecule is CCC(C)(C)Oc1ccc(NC(=O)Nc2ccc(Cl)c(C(F)(F)F)c2)cc1. The van der Waals surface area contributed by atoms with Crippen LogP contribution in [-0.4, -0.2) is 11.6 Å². The fourth-order valence-corrected chi connectivity index (χ4v) is 2.34. The van der Waals surface area contributed by atoms with Crippen LogP contribution in [0.1, 0.15) is 32.8 Å². The van der Waals surface area contributed by atoms with Crippen molar-refractivity contribution in [3.05, 3.63) is 53.1 Å². The maximum absolute atomic E-state index is 12.9. The standard InChI is InChI=1S/C19H20ClF3N2O2/c1-4-18(2,3)27-14-8-5-12(6-9-14)24-17(26)25-13-7-10-16(20)15(11-13)19(21,22)23/h5-11H,4H2,1-3H3,(H2,24,25,26). The molecule has 0 unspecified atom stereocenters. The van der Waals surface area contributed by atoms with E-state index in [-0.39, 0.29) is 11.3 Å². The first kappa shape index (κ1) is 20.9.